The second-order valence-electron chi connectivity index (χ2n) is 26.9. The van der Waals surface area contributed by atoms with Crippen molar-refractivity contribution in [3.63, 3.8) is 0 Å². The van der Waals surface area contributed by atoms with Gasteiger partial charge in [0.15, 0.2) is 0 Å². The van der Waals surface area contributed by atoms with Gasteiger partial charge in [0.25, 0.3) is 0 Å². The van der Waals surface area contributed by atoms with Crippen LogP contribution in [0.4, 0.5) is 0 Å². The topological polar surface area (TPSA) is 55.4 Å². The molecule has 18 bridgehead atoms. The fraction of sp³-hybridized carbons (Fsp3) is 0.391. The molecule has 6 nitrogen and oxygen atoms in total. The van der Waals surface area contributed by atoms with Crippen molar-refractivity contribution in [2.45, 2.75) is 157 Å². The summed E-state index contributed by atoms with van der Waals surface area (Å²) in [7, 11) is 0. The van der Waals surface area contributed by atoms with E-state index in [0.29, 0.717) is 34.5 Å². The van der Waals surface area contributed by atoms with Gasteiger partial charge in [-0.25, -0.2) is 0 Å². The first kappa shape index (κ1) is 51.3. The van der Waals surface area contributed by atoms with Gasteiger partial charge in [-0.05, 0) is 139 Å². The summed E-state index contributed by atoms with van der Waals surface area (Å²) < 4.78 is 40.4. The molecule has 75 heavy (non-hydrogen) atoms. The molecule has 0 saturated carbocycles. The maximum absolute atomic E-state index is 6.73. The maximum atomic E-state index is 6.73. The van der Waals surface area contributed by atoms with Crippen molar-refractivity contribution in [2.24, 2.45) is 0 Å². The van der Waals surface area contributed by atoms with Crippen molar-refractivity contribution in [3.05, 3.63) is 140 Å². The van der Waals surface area contributed by atoms with Crippen LogP contribution in [0.15, 0.2) is 72.8 Å². The first-order chi connectivity index (χ1) is 34.9. The summed E-state index contributed by atoms with van der Waals surface area (Å²) in [4.78, 5) is 0. The minimum Gasteiger partial charge on any atom is -0.456 e. The van der Waals surface area contributed by atoms with Gasteiger partial charge in [-0.2, -0.15) is 0 Å². The standard InChI is InChI=1S/C69H72O6/c1-64(2,3)46-25-40-19-20-41-26-48(66(7,8)9)33-54-55-34-50(68(13,14)15)29-44(62(55)73-38-72-60(41)54)23-24-45-30-51(69(16,17)18)36-57-56-35-49(67(10,11)12)28-43(61(56)74-39-75-63(45)57)22-21-42-27-47(65(4,5)6)32-53-52(31-46)58(40)70-37-71-59(42)53/h25-36H,37-39H2,1-18H3. The molecule has 4 aliphatic rings. The van der Waals surface area contributed by atoms with Crippen LogP contribution in [-0.2, 0) is 32.5 Å². The highest BCUT2D eigenvalue weighted by Gasteiger charge is 2.32. The summed E-state index contributed by atoms with van der Waals surface area (Å²) in [5, 5.41) is 0. The molecule has 0 spiro atoms. The summed E-state index contributed by atoms with van der Waals surface area (Å²) in [5.41, 5.74) is 15.2. The van der Waals surface area contributed by atoms with Crippen LogP contribution < -0.4 is 28.4 Å². The Hall–Kier alpha value is -7.20. The molecule has 0 saturated heterocycles. The molecule has 0 amide bonds. The van der Waals surface area contributed by atoms with Crippen molar-refractivity contribution in [1.82, 2.24) is 0 Å². The molecule has 0 N–H and O–H groups in total. The SMILES string of the molecule is CC(C)(C)c1cc2c3c(c1)-c1cc(C(C)(C)C)cc(c1OCO3)C#Cc1cc(C(C)(C)C)cc3c1OCOc1c(cc(C(C)(C)C)cc1-3)C#Cc1cc(C(C)(C)C)cc3c1OCOc1c(cc(C(C)(C)C)cc1-3)C#C2. The molecular formula is C69H72O6. The fourth-order valence-electron chi connectivity index (χ4n) is 9.91. The largest absolute Gasteiger partial charge is 0.456 e. The first-order valence-corrected chi connectivity index (χ1v) is 26.4. The third kappa shape index (κ3) is 9.73. The van der Waals surface area contributed by atoms with E-state index in [-0.39, 0.29) is 52.9 Å². The minimum absolute atomic E-state index is 0.0374. The first-order valence-electron chi connectivity index (χ1n) is 26.4. The van der Waals surface area contributed by atoms with Crippen molar-refractivity contribution >= 4 is 0 Å². The Morgan fingerprint density at radius 3 is 0.480 bits per heavy atom. The molecule has 6 aromatic carbocycles. The van der Waals surface area contributed by atoms with Crippen LogP contribution >= 0.6 is 0 Å². The predicted octanol–water partition coefficient (Wildman–Crippen LogP) is 16.2. The number of ether oxygens (including phenoxy) is 6. The number of hydrogen-bond acceptors (Lipinski definition) is 6. The van der Waals surface area contributed by atoms with Gasteiger partial charge in [0.1, 0.15) is 34.5 Å². The van der Waals surface area contributed by atoms with E-state index >= 15 is 0 Å². The van der Waals surface area contributed by atoms with E-state index in [9.17, 15) is 0 Å². The third-order valence-electron chi connectivity index (χ3n) is 14.8. The van der Waals surface area contributed by atoms with E-state index < -0.39 is 0 Å². The molecule has 6 aromatic rings. The van der Waals surface area contributed by atoms with E-state index in [0.717, 1.165) is 100 Å². The molecule has 0 unspecified atom stereocenters. The van der Waals surface area contributed by atoms with Crippen LogP contribution in [0.3, 0.4) is 0 Å². The summed E-state index contributed by atoms with van der Waals surface area (Å²) in [6, 6.07) is 26.5. The lowest BCUT2D eigenvalue weighted by Crippen LogP contribution is -2.13. The van der Waals surface area contributed by atoms with Gasteiger partial charge >= 0.3 is 0 Å². The van der Waals surface area contributed by atoms with Crippen LogP contribution in [0.2, 0.25) is 0 Å². The van der Waals surface area contributed by atoms with E-state index in [1.54, 1.807) is 0 Å². The van der Waals surface area contributed by atoms with Gasteiger partial charge in [0, 0.05) is 33.4 Å². The third-order valence-corrected chi connectivity index (χ3v) is 14.8. The highest BCUT2D eigenvalue weighted by atomic mass is 16.7. The van der Waals surface area contributed by atoms with Crippen molar-refractivity contribution < 1.29 is 28.4 Å². The molecule has 0 aromatic heterocycles. The van der Waals surface area contributed by atoms with Gasteiger partial charge in [-0.15, -0.1) is 0 Å². The maximum Gasteiger partial charge on any atom is 0.231 e. The highest BCUT2D eigenvalue weighted by Crippen LogP contribution is 2.51. The minimum atomic E-state index is -0.239. The summed E-state index contributed by atoms with van der Waals surface area (Å²) in [5.74, 6) is 25.9. The molecule has 384 valence electrons. The number of benzene rings is 6. The van der Waals surface area contributed by atoms with Crippen LogP contribution in [0.25, 0.3) is 33.4 Å². The second kappa shape index (κ2) is 17.7. The zero-order chi connectivity index (χ0) is 53.9. The molecule has 3 heterocycles. The average Bonchev–Trinajstić information content (AvgIpc) is 3.71. The van der Waals surface area contributed by atoms with Crippen LogP contribution in [0, 0.1) is 35.5 Å². The van der Waals surface area contributed by atoms with E-state index in [1.807, 2.05) is 0 Å². The molecule has 10 rings (SSSR count). The summed E-state index contributed by atoms with van der Waals surface area (Å²) >= 11 is 0. The molecule has 3 aliphatic heterocycles. The fourth-order valence-corrected chi connectivity index (χ4v) is 9.91. The van der Waals surface area contributed by atoms with Gasteiger partial charge < -0.3 is 28.4 Å². The number of rotatable bonds is 0. The molecular weight excluding hydrogens is 925 g/mol. The Morgan fingerprint density at radius 2 is 0.360 bits per heavy atom. The lowest BCUT2D eigenvalue weighted by molar-refractivity contribution is 0.124. The van der Waals surface area contributed by atoms with Crippen molar-refractivity contribution in [3.8, 4) is 103 Å². The van der Waals surface area contributed by atoms with E-state index in [2.05, 4.69) is 233 Å². The molecule has 1 aliphatic carbocycles. The van der Waals surface area contributed by atoms with Crippen molar-refractivity contribution in [1.29, 1.82) is 0 Å². The van der Waals surface area contributed by atoms with Gasteiger partial charge in [-0.1, -0.05) is 160 Å². The normalized spacial score (nSPS) is 14.5. The predicted molar refractivity (Wildman–Crippen MR) is 304 cm³/mol. The Bertz CT molecular complexity index is 2980. The van der Waals surface area contributed by atoms with Gasteiger partial charge in [0.05, 0.1) is 33.4 Å². The highest BCUT2D eigenvalue weighted by molar-refractivity contribution is 5.87. The van der Waals surface area contributed by atoms with Crippen LogP contribution in [0.1, 0.15) is 191 Å². The molecule has 6 heteroatoms. The van der Waals surface area contributed by atoms with Crippen molar-refractivity contribution in [2.75, 3.05) is 20.4 Å². The lowest BCUT2D eigenvalue weighted by Gasteiger charge is -2.24. The average molecular weight is 997 g/mol. The zero-order valence-electron chi connectivity index (χ0n) is 47.5. The molecule has 0 radical (unpaired) electrons. The Kier molecular flexibility index (Phi) is 12.1. The molecule has 0 atom stereocenters. The second-order valence-corrected chi connectivity index (χ2v) is 26.9. The lowest BCUT2D eigenvalue weighted by atomic mass is 9.80. The van der Waals surface area contributed by atoms with Crippen LogP contribution in [-0.4, -0.2) is 20.4 Å². The monoisotopic (exact) mass is 997 g/mol. The van der Waals surface area contributed by atoms with E-state index in [1.165, 1.54) is 0 Å². The summed E-state index contributed by atoms with van der Waals surface area (Å²) in [6.45, 7) is 40.1. The molecule has 0 fully saturated rings. The van der Waals surface area contributed by atoms with E-state index in [4.69, 9.17) is 28.4 Å². The Morgan fingerprint density at radius 1 is 0.227 bits per heavy atom. The Labute approximate surface area is 446 Å². The Balaban J connectivity index is 1.39. The van der Waals surface area contributed by atoms with Gasteiger partial charge in [0.2, 0.25) is 20.4 Å². The van der Waals surface area contributed by atoms with Gasteiger partial charge in [-0.3, -0.25) is 0 Å². The quantitative estimate of drug-likeness (QED) is 0.141. The summed E-state index contributed by atoms with van der Waals surface area (Å²) in [6.07, 6.45) is 0. The zero-order valence-corrected chi connectivity index (χ0v) is 47.5. The smallest absolute Gasteiger partial charge is 0.231 e. The number of hydrogen-bond donors (Lipinski definition) is 0. The van der Waals surface area contributed by atoms with Crippen LogP contribution in [0.5, 0.6) is 34.5 Å².